The fraction of sp³-hybridized carbons (Fsp3) is 0.900. The van der Waals surface area contributed by atoms with E-state index in [0.717, 1.165) is 6.92 Å². The molecule has 3 rings (SSSR count). The maximum atomic E-state index is 11.3. The van der Waals surface area contributed by atoms with E-state index in [1.165, 1.54) is 0 Å². The number of hydrogen-bond donors (Lipinski definition) is 11. The van der Waals surface area contributed by atoms with Crippen LogP contribution >= 0.6 is 0 Å². The number of aliphatic hydroxyl groups is 9. The second kappa shape index (κ2) is 12.7. The molecule has 220 valence electrons. The van der Waals surface area contributed by atoms with E-state index in [1.807, 2.05) is 0 Å². The predicted molar refractivity (Wildman–Crippen MR) is 113 cm³/mol. The average molecular weight is 559 g/mol. The van der Waals surface area contributed by atoms with Crippen molar-refractivity contribution in [3.63, 3.8) is 0 Å². The van der Waals surface area contributed by atoms with Crippen molar-refractivity contribution in [3.8, 4) is 0 Å². The molecule has 0 aliphatic carbocycles. The van der Waals surface area contributed by atoms with Crippen LogP contribution in [0.25, 0.3) is 0 Å². The summed E-state index contributed by atoms with van der Waals surface area (Å²) in [7, 11) is 0. The first-order valence-electron chi connectivity index (χ1n) is 11.6. The van der Waals surface area contributed by atoms with E-state index in [0.29, 0.717) is 0 Å². The number of carboxylic acid groups (broad SMARTS) is 1. The summed E-state index contributed by atoms with van der Waals surface area (Å²) in [6, 6.07) is 0. The van der Waals surface area contributed by atoms with Crippen molar-refractivity contribution in [1.29, 1.82) is 0 Å². The quantitative estimate of drug-likeness (QED) is 0.132. The summed E-state index contributed by atoms with van der Waals surface area (Å²) in [6.45, 7) is -0.545. The van der Waals surface area contributed by atoms with E-state index in [9.17, 15) is 60.7 Å². The van der Waals surface area contributed by atoms with Crippen molar-refractivity contribution in [2.24, 2.45) is 0 Å². The Morgan fingerprint density at radius 2 is 1.26 bits per heavy atom. The van der Waals surface area contributed by atoms with Gasteiger partial charge in [0.1, 0.15) is 67.1 Å². The summed E-state index contributed by atoms with van der Waals surface area (Å²) in [5.41, 5.74) is 0. The fourth-order valence-electron chi connectivity index (χ4n) is 4.37. The zero-order valence-corrected chi connectivity index (χ0v) is 19.9. The van der Waals surface area contributed by atoms with Crippen LogP contribution in [0.2, 0.25) is 0 Å². The highest BCUT2D eigenvalue weighted by molar-refractivity contribution is 5.73. The second-order valence-corrected chi connectivity index (χ2v) is 9.10. The molecule has 38 heavy (non-hydrogen) atoms. The van der Waals surface area contributed by atoms with Crippen LogP contribution in [0.1, 0.15) is 6.92 Å². The number of carboxylic acids is 1. The van der Waals surface area contributed by atoms with Crippen LogP contribution < -0.4 is 5.32 Å². The lowest BCUT2D eigenvalue weighted by molar-refractivity contribution is -0.372. The largest absolute Gasteiger partial charge is 0.479 e. The molecule has 3 heterocycles. The third-order valence-electron chi connectivity index (χ3n) is 6.43. The molecule has 3 aliphatic heterocycles. The minimum absolute atomic E-state index is 0.613. The predicted octanol–water partition coefficient (Wildman–Crippen LogP) is -7.34. The van der Waals surface area contributed by atoms with Crippen molar-refractivity contribution in [3.05, 3.63) is 0 Å². The molecule has 3 aliphatic rings. The van der Waals surface area contributed by atoms with Crippen LogP contribution in [0.3, 0.4) is 0 Å². The Kier molecular flexibility index (Phi) is 10.3. The van der Waals surface area contributed by atoms with Gasteiger partial charge in [0.15, 0.2) is 24.9 Å². The summed E-state index contributed by atoms with van der Waals surface area (Å²) in [4.78, 5) is 22.7. The van der Waals surface area contributed by atoms with Crippen LogP contribution in [0.5, 0.6) is 0 Å². The number of rotatable bonds is 8. The first kappa shape index (κ1) is 30.9. The Labute approximate surface area is 214 Å². The Morgan fingerprint density at radius 3 is 1.82 bits per heavy atom. The summed E-state index contributed by atoms with van der Waals surface area (Å²) >= 11 is 0. The standard InChI is InChI=1S/C20H33NO17/c1-4(24)21-17-11(29)10(28)14(6(3-23)34-17)36-20-13(31)15(7(25)5(2-22)35-20)37-19-12(30)8(26)9(27)16(38-19)18(32)33/h5-17,19-20,22-23,25-31H,2-3H2,1H3,(H,21,24)(H,32,33)/t5-,6-,7+,8+,9+,10-,11-,12-,13-,14-,15+,16+,17+,19+,20+/m1/s1. The van der Waals surface area contributed by atoms with Gasteiger partial charge in [0, 0.05) is 6.92 Å². The van der Waals surface area contributed by atoms with Gasteiger partial charge >= 0.3 is 5.97 Å². The van der Waals surface area contributed by atoms with Crippen molar-refractivity contribution in [2.75, 3.05) is 13.2 Å². The molecule has 0 bridgehead atoms. The Hall–Kier alpha value is -1.62. The molecule has 11 N–H and O–H groups in total. The lowest BCUT2D eigenvalue weighted by atomic mass is 9.95. The molecule has 18 heteroatoms. The van der Waals surface area contributed by atoms with Gasteiger partial charge in [-0.2, -0.15) is 0 Å². The number of aliphatic hydroxyl groups excluding tert-OH is 9. The maximum absolute atomic E-state index is 11.3. The highest BCUT2D eigenvalue weighted by Crippen LogP contribution is 2.32. The van der Waals surface area contributed by atoms with Gasteiger partial charge in [0.25, 0.3) is 0 Å². The average Bonchev–Trinajstić information content (AvgIpc) is 2.86. The van der Waals surface area contributed by atoms with Gasteiger partial charge in [0.2, 0.25) is 5.91 Å². The highest BCUT2D eigenvalue weighted by Gasteiger charge is 2.54. The van der Waals surface area contributed by atoms with Crippen molar-refractivity contribution in [1.82, 2.24) is 5.32 Å². The van der Waals surface area contributed by atoms with E-state index < -0.39 is 117 Å². The number of carbonyl (C=O) groups excluding carboxylic acids is 1. The first-order chi connectivity index (χ1) is 17.8. The topological polar surface area (TPSA) is 295 Å². The molecule has 0 aromatic carbocycles. The zero-order chi connectivity index (χ0) is 28.5. The van der Waals surface area contributed by atoms with Crippen molar-refractivity contribution in [2.45, 2.75) is 99.0 Å². The fourth-order valence-corrected chi connectivity index (χ4v) is 4.37. The van der Waals surface area contributed by atoms with Crippen LogP contribution in [-0.2, 0) is 33.3 Å². The molecule has 0 unspecified atom stereocenters. The van der Waals surface area contributed by atoms with Crippen molar-refractivity contribution < 1.29 is 84.3 Å². The summed E-state index contributed by atoms with van der Waals surface area (Å²) in [5, 5.41) is 103. The van der Waals surface area contributed by atoms with Gasteiger partial charge in [-0.25, -0.2) is 4.79 Å². The van der Waals surface area contributed by atoms with E-state index in [4.69, 9.17) is 23.7 Å². The monoisotopic (exact) mass is 559 g/mol. The van der Waals surface area contributed by atoms with Crippen molar-refractivity contribution >= 4 is 11.9 Å². The zero-order valence-electron chi connectivity index (χ0n) is 19.9. The Balaban J connectivity index is 1.79. The smallest absolute Gasteiger partial charge is 0.335 e. The SMILES string of the molecule is CC(=O)N[C@H]1O[C@H](CO)[C@@H](O[C@@H]2O[C@H](CO)[C@H](O)[C@H](O[C@H]3O[C@H](C(=O)O)[C@@H](O)[C@H](O)[C@H]3O)[C@H]2O)[C@H](O)[C@H]1O. The molecule has 15 atom stereocenters. The van der Waals surface area contributed by atoms with Crippen LogP contribution in [-0.4, -0.2) is 168 Å². The molecule has 0 aromatic rings. The lowest BCUT2D eigenvalue weighted by Gasteiger charge is -2.48. The molecular weight excluding hydrogens is 526 g/mol. The number of carbonyl (C=O) groups is 2. The van der Waals surface area contributed by atoms with E-state index in [1.54, 1.807) is 0 Å². The van der Waals surface area contributed by atoms with E-state index in [-0.39, 0.29) is 0 Å². The van der Waals surface area contributed by atoms with Gasteiger partial charge in [-0.1, -0.05) is 0 Å². The summed E-state index contributed by atoms with van der Waals surface area (Å²) in [6.07, 6.45) is -27.2. The first-order valence-corrected chi connectivity index (χ1v) is 11.6. The number of ether oxygens (including phenoxy) is 5. The van der Waals surface area contributed by atoms with Crippen LogP contribution in [0.4, 0.5) is 0 Å². The number of aliphatic carboxylic acids is 1. The second-order valence-electron chi connectivity index (χ2n) is 9.10. The van der Waals surface area contributed by atoms with Gasteiger partial charge in [-0.3, -0.25) is 4.79 Å². The highest BCUT2D eigenvalue weighted by atomic mass is 16.7. The number of nitrogens with one attached hydrogen (secondary N) is 1. The molecule has 3 saturated heterocycles. The minimum atomic E-state index is -2.05. The van der Waals surface area contributed by atoms with Gasteiger partial charge < -0.3 is 80.1 Å². The summed E-state index contributed by atoms with van der Waals surface area (Å²) < 4.78 is 26.6. The van der Waals surface area contributed by atoms with Gasteiger partial charge in [0.05, 0.1) is 13.2 Å². The Bertz CT molecular complexity index is 816. The molecule has 18 nitrogen and oxygen atoms in total. The molecule has 1 amide bonds. The van der Waals surface area contributed by atoms with E-state index >= 15 is 0 Å². The third kappa shape index (κ3) is 6.24. The van der Waals surface area contributed by atoms with Crippen LogP contribution in [0.15, 0.2) is 0 Å². The molecular formula is C20H33NO17. The number of amides is 1. The normalized spacial score (nSPS) is 47.9. The third-order valence-corrected chi connectivity index (χ3v) is 6.43. The minimum Gasteiger partial charge on any atom is -0.479 e. The Morgan fingerprint density at radius 1 is 0.684 bits per heavy atom. The summed E-state index contributed by atoms with van der Waals surface area (Å²) in [5.74, 6) is -2.32. The maximum Gasteiger partial charge on any atom is 0.335 e. The molecule has 0 spiro atoms. The number of hydrogen-bond acceptors (Lipinski definition) is 16. The molecule has 0 saturated carbocycles. The van der Waals surface area contributed by atoms with Gasteiger partial charge in [-0.05, 0) is 0 Å². The molecule has 0 radical (unpaired) electrons. The lowest BCUT2D eigenvalue weighted by Crippen LogP contribution is -2.67. The molecule has 3 fully saturated rings. The molecule has 0 aromatic heterocycles. The van der Waals surface area contributed by atoms with Crippen LogP contribution in [0, 0.1) is 0 Å². The van der Waals surface area contributed by atoms with E-state index in [2.05, 4.69) is 5.32 Å². The van der Waals surface area contributed by atoms with Gasteiger partial charge in [-0.15, -0.1) is 0 Å².